The SMILES string of the molecule is Nc1c(-c2ccc(C(=O)O)cc2)cc(Cc2cc(-c3ccc(C(=O)O)cc3)c(N)c(-c3ccc(C(=O)O)cc3)c2)cc1-c1ccc(C(=O)O)cc1. The summed E-state index contributed by atoms with van der Waals surface area (Å²) >= 11 is 0. The molecule has 6 rings (SSSR count). The van der Waals surface area contributed by atoms with Crippen molar-refractivity contribution in [2.75, 3.05) is 11.5 Å². The first kappa shape index (κ1) is 33.7. The Morgan fingerprint density at radius 2 is 0.569 bits per heavy atom. The average molecular weight is 679 g/mol. The van der Waals surface area contributed by atoms with E-state index < -0.39 is 23.9 Å². The summed E-state index contributed by atoms with van der Waals surface area (Å²) in [6.07, 6.45) is 0.362. The standard InChI is InChI=1S/C41H30N2O8/c42-36-32(24-1-9-28(10-2-24)38(44)45)18-22(19-33(36)25-3-11-29(12-4-25)39(46)47)17-23-20-34(26-5-13-30(14-6-26)40(48)49)37(43)35(21-23)27-7-15-31(16-8-27)41(50)51/h1-16,18-21H,17,42-43H2,(H,44,45)(H,46,47)(H,48,49)(H,50,51). The van der Waals surface area contributed by atoms with Gasteiger partial charge in [0.15, 0.2) is 0 Å². The zero-order valence-corrected chi connectivity index (χ0v) is 26.8. The maximum absolute atomic E-state index is 11.5. The summed E-state index contributed by atoms with van der Waals surface area (Å²) in [5.74, 6) is -4.25. The molecular weight excluding hydrogens is 648 g/mol. The number of benzene rings is 6. The topological polar surface area (TPSA) is 201 Å². The molecule has 0 spiro atoms. The highest BCUT2D eigenvalue weighted by molar-refractivity contribution is 5.95. The van der Waals surface area contributed by atoms with Crippen molar-refractivity contribution >= 4 is 35.3 Å². The van der Waals surface area contributed by atoms with Crippen LogP contribution in [0.3, 0.4) is 0 Å². The van der Waals surface area contributed by atoms with E-state index in [2.05, 4.69) is 0 Å². The van der Waals surface area contributed by atoms with E-state index in [-0.39, 0.29) is 22.3 Å². The van der Waals surface area contributed by atoms with Gasteiger partial charge in [0, 0.05) is 33.6 Å². The van der Waals surface area contributed by atoms with E-state index >= 15 is 0 Å². The Morgan fingerprint density at radius 3 is 0.745 bits per heavy atom. The van der Waals surface area contributed by atoms with Crippen molar-refractivity contribution < 1.29 is 39.6 Å². The van der Waals surface area contributed by atoms with E-state index in [1.54, 1.807) is 48.5 Å². The fourth-order valence-corrected chi connectivity index (χ4v) is 5.99. The minimum atomic E-state index is -1.06. The van der Waals surface area contributed by atoms with Gasteiger partial charge in [-0.25, -0.2) is 19.2 Å². The largest absolute Gasteiger partial charge is 0.478 e. The molecule has 0 aliphatic carbocycles. The smallest absolute Gasteiger partial charge is 0.335 e. The first-order valence-electron chi connectivity index (χ1n) is 15.6. The summed E-state index contributed by atoms with van der Waals surface area (Å²) in [6.45, 7) is 0. The zero-order chi connectivity index (χ0) is 36.4. The number of anilines is 2. The number of aromatic carboxylic acids is 4. The van der Waals surface area contributed by atoms with Gasteiger partial charge < -0.3 is 31.9 Å². The normalized spacial score (nSPS) is 10.8. The Labute approximate surface area is 291 Å². The van der Waals surface area contributed by atoms with Crippen molar-refractivity contribution in [2.24, 2.45) is 0 Å². The van der Waals surface area contributed by atoms with Crippen molar-refractivity contribution in [1.29, 1.82) is 0 Å². The van der Waals surface area contributed by atoms with Crippen LogP contribution in [-0.2, 0) is 6.42 Å². The molecular formula is C41H30N2O8. The van der Waals surface area contributed by atoms with E-state index in [1.165, 1.54) is 48.5 Å². The third-order valence-corrected chi connectivity index (χ3v) is 8.66. The van der Waals surface area contributed by atoms with Crippen molar-refractivity contribution in [2.45, 2.75) is 6.42 Å². The fraction of sp³-hybridized carbons (Fsp3) is 0.0244. The van der Waals surface area contributed by atoms with Crippen molar-refractivity contribution in [3.8, 4) is 44.5 Å². The third kappa shape index (κ3) is 7.01. The van der Waals surface area contributed by atoms with Gasteiger partial charge in [-0.1, -0.05) is 48.5 Å². The number of carbonyl (C=O) groups is 4. The van der Waals surface area contributed by atoms with Crippen LogP contribution in [0.15, 0.2) is 121 Å². The highest BCUT2D eigenvalue weighted by Gasteiger charge is 2.17. The minimum absolute atomic E-state index is 0.118. The van der Waals surface area contributed by atoms with Crippen LogP contribution in [0.1, 0.15) is 52.6 Å². The summed E-state index contributed by atoms with van der Waals surface area (Å²) < 4.78 is 0. The second kappa shape index (κ2) is 13.7. The number of hydrogen-bond acceptors (Lipinski definition) is 6. The molecule has 252 valence electrons. The lowest BCUT2D eigenvalue weighted by molar-refractivity contribution is 0.0686. The number of rotatable bonds is 10. The van der Waals surface area contributed by atoms with E-state index in [9.17, 15) is 39.6 Å². The second-order valence-corrected chi connectivity index (χ2v) is 11.9. The Hall–Kier alpha value is -7.20. The van der Waals surface area contributed by atoms with Gasteiger partial charge in [-0.15, -0.1) is 0 Å². The predicted octanol–water partition coefficient (Wildman–Crippen LogP) is 7.90. The number of nitrogen functional groups attached to an aromatic ring is 2. The Kier molecular flexibility index (Phi) is 9.07. The summed E-state index contributed by atoms with van der Waals surface area (Å²) in [4.78, 5) is 46.1. The van der Waals surface area contributed by atoms with Gasteiger partial charge in [0.2, 0.25) is 0 Å². The van der Waals surface area contributed by atoms with Gasteiger partial charge in [-0.05, 0) is 113 Å². The van der Waals surface area contributed by atoms with Crippen LogP contribution < -0.4 is 11.5 Å². The van der Waals surface area contributed by atoms with Crippen LogP contribution in [0.5, 0.6) is 0 Å². The maximum Gasteiger partial charge on any atom is 0.335 e. The van der Waals surface area contributed by atoms with Gasteiger partial charge in [-0.3, -0.25) is 0 Å². The summed E-state index contributed by atoms with van der Waals surface area (Å²) in [5.41, 5.74) is 21.8. The van der Waals surface area contributed by atoms with Crippen LogP contribution in [0.25, 0.3) is 44.5 Å². The van der Waals surface area contributed by atoms with E-state index in [0.717, 1.165) is 11.1 Å². The van der Waals surface area contributed by atoms with E-state index in [4.69, 9.17) is 11.5 Å². The molecule has 0 saturated carbocycles. The van der Waals surface area contributed by atoms with Crippen LogP contribution in [0.2, 0.25) is 0 Å². The average Bonchev–Trinajstić information content (AvgIpc) is 3.13. The molecule has 6 aromatic carbocycles. The molecule has 10 heteroatoms. The van der Waals surface area contributed by atoms with Crippen LogP contribution in [0, 0.1) is 0 Å². The van der Waals surface area contributed by atoms with Crippen LogP contribution in [0.4, 0.5) is 11.4 Å². The fourth-order valence-electron chi connectivity index (χ4n) is 5.99. The number of carboxylic acids is 4. The molecule has 10 nitrogen and oxygen atoms in total. The van der Waals surface area contributed by atoms with Crippen LogP contribution >= 0.6 is 0 Å². The molecule has 0 aromatic heterocycles. The molecule has 8 N–H and O–H groups in total. The van der Waals surface area contributed by atoms with E-state index in [1.807, 2.05) is 24.3 Å². The van der Waals surface area contributed by atoms with Gasteiger partial charge in [-0.2, -0.15) is 0 Å². The second-order valence-electron chi connectivity index (χ2n) is 11.9. The lowest BCUT2D eigenvalue weighted by atomic mass is 9.88. The molecule has 0 bridgehead atoms. The number of carboxylic acid groups (broad SMARTS) is 4. The molecule has 51 heavy (non-hydrogen) atoms. The maximum atomic E-state index is 11.5. The quantitative estimate of drug-likeness (QED) is 0.0773. The first-order chi connectivity index (χ1) is 24.4. The highest BCUT2D eigenvalue weighted by atomic mass is 16.4. The summed E-state index contributed by atoms with van der Waals surface area (Å²) in [5, 5.41) is 37.8. The first-order valence-corrected chi connectivity index (χ1v) is 15.6. The lowest BCUT2D eigenvalue weighted by Crippen LogP contribution is -2.02. The Balaban J connectivity index is 1.52. The van der Waals surface area contributed by atoms with Gasteiger partial charge >= 0.3 is 23.9 Å². The molecule has 0 amide bonds. The summed E-state index contributed by atoms with van der Waals surface area (Å²) in [6, 6.07) is 33.0. The Bertz CT molecular complexity index is 2010. The molecule has 0 unspecified atom stereocenters. The number of hydrogen-bond donors (Lipinski definition) is 6. The number of nitrogens with two attached hydrogens (primary N) is 2. The van der Waals surface area contributed by atoms with Crippen molar-refractivity contribution in [3.05, 3.63) is 155 Å². The molecule has 6 aromatic rings. The van der Waals surface area contributed by atoms with Crippen LogP contribution in [-0.4, -0.2) is 44.3 Å². The van der Waals surface area contributed by atoms with Crippen molar-refractivity contribution in [3.63, 3.8) is 0 Å². The third-order valence-electron chi connectivity index (χ3n) is 8.66. The van der Waals surface area contributed by atoms with Gasteiger partial charge in [0.1, 0.15) is 0 Å². The molecule has 0 fully saturated rings. The molecule has 0 heterocycles. The molecule has 0 radical (unpaired) electrons. The predicted molar refractivity (Wildman–Crippen MR) is 194 cm³/mol. The monoisotopic (exact) mass is 678 g/mol. The van der Waals surface area contributed by atoms with Gasteiger partial charge in [0.05, 0.1) is 22.3 Å². The molecule has 0 atom stereocenters. The molecule has 0 saturated heterocycles. The molecule has 0 aliphatic heterocycles. The zero-order valence-electron chi connectivity index (χ0n) is 26.8. The van der Waals surface area contributed by atoms with Crippen molar-refractivity contribution in [1.82, 2.24) is 0 Å². The Morgan fingerprint density at radius 1 is 0.373 bits per heavy atom. The highest BCUT2D eigenvalue weighted by Crippen LogP contribution is 2.40. The lowest BCUT2D eigenvalue weighted by Gasteiger charge is -2.18. The molecule has 0 aliphatic rings. The van der Waals surface area contributed by atoms with E-state index in [0.29, 0.717) is 62.3 Å². The van der Waals surface area contributed by atoms with Gasteiger partial charge in [0.25, 0.3) is 0 Å². The summed E-state index contributed by atoms with van der Waals surface area (Å²) in [7, 11) is 0. The minimum Gasteiger partial charge on any atom is -0.478 e.